The monoisotopic (exact) mass is 380 g/mol. The molecule has 0 bridgehead atoms. The number of carbonyl (C=O) groups excluding carboxylic acids is 1. The zero-order chi connectivity index (χ0) is 18.6. The van der Waals surface area contributed by atoms with Crippen molar-refractivity contribution in [2.24, 2.45) is 0 Å². The van der Waals surface area contributed by atoms with Gasteiger partial charge in [0.05, 0.1) is 19.3 Å². The normalized spacial score (nSPS) is 11.0. The van der Waals surface area contributed by atoms with Gasteiger partial charge in [-0.25, -0.2) is 0 Å². The molecular weight excluding hydrogens is 360 g/mol. The zero-order valence-electron chi connectivity index (χ0n) is 15.0. The minimum atomic E-state index is -0.0571. The molecule has 2 aromatic carbocycles. The summed E-state index contributed by atoms with van der Waals surface area (Å²) >= 11 is 1.70. The SMILES string of the molecule is COc1cc2c(cc1NCC(=O)NCCc1cccs1)oc1ccccc12. The van der Waals surface area contributed by atoms with Crippen molar-refractivity contribution in [1.29, 1.82) is 0 Å². The Bertz CT molecular complexity index is 1070. The third kappa shape index (κ3) is 3.75. The number of nitrogens with one attached hydrogen (secondary N) is 2. The fourth-order valence-electron chi connectivity index (χ4n) is 3.08. The molecule has 0 aliphatic carbocycles. The van der Waals surface area contributed by atoms with Crippen LogP contribution >= 0.6 is 11.3 Å². The number of methoxy groups -OCH3 is 1. The molecule has 0 saturated carbocycles. The summed E-state index contributed by atoms with van der Waals surface area (Å²) in [4.78, 5) is 13.4. The van der Waals surface area contributed by atoms with Crippen LogP contribution in [0.3, 0.4) is 0 Å². The minimum Gasteiger partial charge on any atom is -0.495 e. The Morgan fingerprint density at radius 3 is 2.81 bits per heavy atom. The number of furan rings is 1. The summed E-state index contributed by atoms with van der Waals surface area (Å²) in [5, 5.41) is 10.2. The molecular formula is C21H20N2O3S. The van der Waals surface area contributed by atoms with E-state index in [0.29, 0.717) is 12.3 Å². The summed E-state index contributed by atoms with van der Waals surface area (Å²) in [6.07, 6.45) is 0.845. The molecule has 4 rings (SSSR count). The van der Waals surface area contributed by atoms with Gasteiger partial charge in [0.25, 0.3) is 0 Å². The zero-order valence-corrected chi connectivity index (χ0v) is 15.8. The van der Waals surface area contributed by atoms with E-state index in [1.807, 2.05) is 47.8 Å². The maximum Gasteiger partial charge on any atom is 0.239 e. The molecule has 0 aliphatic rings. The van der Waals surface area contributed by atoms with Crippen LogP contribution in [0.5, 0.6) is 5.75 Å². The van der Waals surface area contributed by atoms with E-state index in [0.717, 1.165) is 34.0 Å². The smallest absolute Gasteiger partial charge is 0.239 e. The van der Waals surface area contributed by atoms with Gasteiger partial charge in [-0.2, -0.15) is 0 Å². The Morgan fingerprint density at radius 2 is 2.00 bits per heavy atom. The predicted octanol–water partition coefficient (Wildman–Crippen LogP) is 4.43. The molecule has 2 N–H and O–H groups in total. The number of para-hydroxylation sites is 1. The summed E-state index contributed by atoms with van der Waals surface area (Å²) in [5.74, 6) is 0.624. The van der Waals surface area contributed by atoms with Crippen molar-refractivity contribution >= 4 is 44.9 Å². The first-order valence-corrected chi connectivity index (χ1v) is 9.65. The second kappa shape index (κ2) is 7.72. The van der Waals surface area contributed by atoms with Crippen LogP contribution in [-0.2, 0) is 11.2 Å². The second-order valence-electron chi connectivity index (χ2n) is 6.18. The number of hydrogen-bond acceptors (Lipinski definition) is 5. The Balaban J connectivity index is 1.44. The van der Waals surface area contributed by atoms with Crippen LogP contribution in [0.2, 0.25) is 0 Å². The summed E-state index contributed by atoms with van der Waals surface area (Å²) in [6.45, 7) is 0.799. The first kappa shape index (κ1) is 17.4. The van der Waals surface area contributed by atoms with Crippen molar-refractivity contribution in [2.45, 2.75) is 6.42 Å². The number of amides is 1. The number of anilines is 1. The predicted molar refractivity (Wildman–Crippen MR) is 110 cm³/mol. The van der Waals surface area contributed by atoms with Crippen LogP contribution in [0.25, 0.3) is 21.9 Å². The van der Waals surface area contributed by atoms with E-state index in [2.05, 4.69) is 16.7 Å². The number of benzene rings is 2. The van der Waals surface area contributed by atoms with Gasteiger partial charge in [0.2, 0.25) is 5.91 Å². The first-order valence-electron chi connectivity index (χ1n) is 8.77. The number of thiophene rings is 1. The molecule has 1 amide bonds. The van der Waals surface area contributed by atoms with Gasteiger partial charge in [-0.15, -0.1) is 11.3 Å². The highest BCUT2D eigenvalue weighted by atomic mass is 32.1. The van der Waals surface area contributed by atoms with Crippen LogP contribution in [0.15, 0.2) is 58.3 Å². The second-order valence-corrected chi connectivity index (χ2v) is 7.21. The molecule has 0 radical (unpaired) electrons. The maximum absolute atomic E-state index is 12.1. The van der Waals surface area contributed by atoms with Gasteiger partial charge < -0.3 is 19.8 Å². The van der Waals surface area contributed by atoms with E-state index >= 15 is 0 Å². The molecule has 0 fully saturated rings. The standard InChI is InChI=1S/C21H20N2O3S/c1-25-20-11-16-15-6-2-3-7-18(15)26-19(16)12-17(20)23-13-21(24)22-9-8-14-5-4-10-27-14/h2-7,10-12,23H,8-9,13H2,1H3,(H,22,24). The maximum atomic E-state index is 12.1. The summed E-state index contributed by atoms with van der Waals surface area (Å²) in [5.41, 5.74) is 2.33. The van der Waals surface area contributed by atoms with Crippen LogP contribution in [0.4, 0.5) is 5.69 Å². The van der Waals surface area contributed by atoms with E-state index in [9.17, 15) is 4.79 Å². The fraction of sp³-hybridized carbons (Fsp3) is 0.190. The Morgan fingerprint density at radius 1 is 1.11 bits per heavy atom. The highest BCUT2D eigenvalue weighted by Crippen LogP contribution is 2.36. The van der Waals surface area contributed by atoms with Crippen LogP contribution < -0.4 is 15.4 Å². The molecule has 2 aromatic heterocycles. The minimum absolute atomic E-state index is 0.0571. The molecule has 6 heteroatoms. The highest BCUT2D eigenvalue weighted by Gasteiger charge is 2.12. The van der Waals surface area contributed by atoms with Crippen molar-refractivity contribution in [3.05, 3.63) is 58.8 Å². The summed E-state index contributed by atoms with van der Waals surface area (Å²) < 4.78 is 11.4. The quantitative estimate of drug-likeness (QED) is 0.498. The molecule has 5 nitrogen and oxygen atoms in total. The van der Waals surface area contributed by atoms with Crippen molar-refractivity contribution in [3.8, 4) is 5.75 Å². The average Bonchev–Trinajstić information content (AvgIpc) is 3.32. The van der Waals surface area contributed by atoms with Gasteiger partial charge >= 0.3 is 0 Å². The molecule has 0 aliphatic heterocycles. The first-order chi connectivity index (χ1) is 13.2. The molecule has 0 atom stereocenters. The van der Waals surface area contributed by atoms with Gasteiger partial charge in [0.1, 0.15) is 16.9 Å². The molecule has 27 heavy (non-hydrogen) atoms. The number of hydrogen-bond donors (Lipinski definition) is 2. The lowest BCUT2D eigenvalue weighted by Crippen LogP contribution is -2.31. The summed E-state index contributed by atoms with van der Waals surface area (Å²) in [6, 6.07) is 15.8. The Labute approximate surface area is 160 Å². The highest BCUT2D eigenvalue weighted by molar-refractivity contribution is 7.09. The average molecular weight is 380 g/mol. The van der Waals surface area contributed by atoms with Crippen LogP contribution in [0, 0.1) is 0 Å². The number of carbonyl (C=O) groups is 1. The van der Waals surface area contributed by atoms with Gasteiger partial charge in [0.15, 0.2) is 0 Å². The third-order valence-corrected chi connectivity index (χ3v) is 5.35. The molecule has 0 saturated heterocycles. The summed E-state index contributed by atoms with van der Waals surface area (Å²) in [7, 11) is 1.62. The Kier molecular flexibility index (Phi) is 4.98. The lowest BCUT2D eigenvalue weighted by Gasteiger charge is -2.11. The van der Waals surface area contributed by atoms with E-state index < -0.39 is 0 Å². The lowest BCUT2D eigenvalue weighted by molar-refractivity contribution is -0.119. The third-order valence-electron chi connectivity index (χ3n) is 4.41. The van der Waals surface area contributed by atoms with Crippen molar-refractivity contribution in [3.63, 3.8) is 0 Å². The largest absolute Gasteiger partial charge is 0.495 e. The van der Waals surface area contributed by atoms with Gasteiger partial charge in [-0.05, 0) is 30.0 Å². The van der Waals surface area contributed by atoms with Gasteiger partial charge in [-0.3, -0.25) is 4.79 Å². The molecule has 2 heterocycles. The number of ether oxygens (including phenoxy) is 1. The topological polar surface area (TPSA) is 63.5 Å². The van der Waals surface area contributed by atoms with Gasteiger partial charge in [-0.1, -0.05) is 24.3 Å². The number of rotatable bonds is 7. The van der Waals surface area contributed by atoms with Crippen molar-refractivity contribution < 1.29 is 13.9 Å². The van der Waals surface area contributed by atoms with E-state index in [1.54, 1.807) is 18.4 Å². The molecule has 4 aromatic rings. The van der Waals surface area contributed by atoms with Crippen LogP contribution in [-0.4, -0.2) is 26.1 Å². The van der Waals surface area contributed by atoms with Crippen molar-refractivity contribution in [1.82, 2.24) is 5.32 Å². The fourth-order valence-corrected chi connectivity index (χ4v) is 3.79. The molecule has 0 spiro atoms. The van der Waals surface area contributed by atoms with Crippen molar-refractivity contribution in [2.75, 3.05) is 25.5 Å². The lowest BCUT2D eigenvalue weighted by atomic mass is 10.1. The Hall–Kier alpha value is -2.99. The molecule has 138 valence electrons. The molecule has 0 unspecified atom stereocenters. The van der Waals surface area contributed by atoms with E-state index in [-0.39, 0.29) is 12.5 Å². The number of fused-ring (bicyclic) bond motifs is 3. The van der Waals surface area contributed by atoms with Crippen LogP contribution in [0.1, 0.15) is 4.88 Å². The van der Waals surface area contributed by atoms with E-state index in [4.69, 9.17) is 9.15 Å². The van der Waals surface area contributed by atoms with E-state index in [1.165, 1.54) is 4.88 Å². The van der Waals surface area contributed by atoms with Gasteiger partial charge in [0, 0.05) is 28.3 Å².